The highest BCUT2D eigenvalue weighted by atomic mass is 16.3. The van der Waals surface area contributed by atoms with Gasteiger partial charge in [-0.1, -0.05) is 20.8 Å². The Kier molecular flexibility index (Phi) is 6.07. The molecule has 0 aliphatic heterocycles. The number of carbonyl (C=O) groups excluding carboxylic acids is 1. The van der Waals surface area contributed by atoms with E-state index in [1.54, 1.807) is 4.90 Å². The summed E-state index contributed by atoms with van der Waals surface area (Å²) in [6, 6.07) is 0. The molecule has 0 radical (unpaired) electrons. The molecule has 0 heterocycles. The van der Waals surface area contributed by atoms with Gasteiger partial charge in [-0.2, -0.15) is 0 Å². The van der Waals surface area contributed by atoms with Gasteiger partial charge in [-0.05, 0) is 104 Å². The van der Waals surface area contributed by atoms with Crippen molar-refractivity contribution < 1.29 is 15.0 Å². The zero-order valence-corrected chi connectivity index (χ0v) is 19.9. The zero-order chi connectivity index (χ0) is 21.8. The largest absolute Gasteiger partial charge is 0.393 e. The van der Waals surface area contributed by atoms with Crippen LogP contribution in [0.15, 0.2) is 0 Å². The maximum Gasteiger partial charge on any atom is 0.222 e. The van der Waals surface area contributed by atoms with E-state index in [2.05, 4.69) is 20.8 Å². The second-order valence-electron chi connectivity index (χ2n) is 12.3. The highest BCUT2D eigenvalue weighted by Crippen LogP contribution is 2.68. The molecule has 172 valence electrons. The SMILES string of the molecule is C[C@H](CCC(=O)N(C)C)[C@H]1CC[C@H]2[C@@H]3CC[C@H]4C[C@@H](O)CC[C@]4(C)[C@H]3[C@@H](O)C[C@]12C. The third-order valence-electron chi connectivity index (χ3n) is 10.6. The Labute approximate surface area is 183 Å². The number of carbonyl (C=O) groups is 1. The van der Waals surface area contributed by atoms with Gasteiger partial charge in [0.15, 0.2) is 0 Å². The van der Waals surface area contributed by atoms with Crippen LogP contribution in [0.25, 0.3) is 0 Å². The van der Waals surface area contributed by atoms with Crippen LogP contribution < -0.4 is 0 Å². The van der Waals surface area contributed by atoms with Gasteiger partial charge in [-0.3, -0.25) is 4.79 Å². The molecule has 0 spiro atoms. The smallest absolute Gasteiger partial charge is 0.222 e. The molecule has 10 atom stereocenters. The molecule has 4 heteroatoms. The summed E-state index contributed by atoms with van der Waals surface area (Å²) >= 11 is 0. The van der Waals surface area contributed by atoms with Gasteiger partial charge < -0.3 is 15.1 Å². The minimum atomic E-state index is -0.213. The van der Waals surface area contributed by atoms with E-state index < -0.39 is 0 Å². The van der Waals surface area contributed by atoms with Crippen LogP contribution >= 0.6 is 0 Å². The fourth-order valence-corrected chi connectivity index (χ4v) is 9.11. The van der Waals surface area contributed by atoms with Crippen molar-refractivity contribution in [2.24, 2.45) is 46.3 Å². The van der Waals surface area contributed by atoms with Crippen LogP contribution in [0.4, 0.5) is 0 Å². The number of aliphatic hydroxyl groups excluding tert-OH is 2. The topological polar surface area (TPSA) is 60.8 Å². The summed E-state index contributed by atoms with van der Waals surface area (Å²) in [5, 5.41) is 21.8. The van der Waals surface area contributed by atoms with Gasteiger partial charge >= 0.3 is 0 Å². The van der Waals surface area contributed by atoms with Gasteiger partial charge in [0.05, 0.1) is 12.2 Å². The lowest BCUT2D eigenvalue weighted by molar-refractivity contribution is -0.179. The lowest BCUT2D eigenvalue weighted by Gasteiger charge is -2.62. The Hall–Kier alpha value is -0.610. The molecule has 0 bridgehead atoms. The minimum Gasteiger partial charge on any atom is -0.393 e. The summed E-state index contributed by atoms with van der Waals surface area (Å²) in [7, 11) is 3.69. The summed E-state index contributed by atoms with van der Waals surface area (Å²) in [5.41, 5.74) is 0.406. The number of fused-ring (bicyclic) bond motifs is 5. The average molecular weight is 420 g/mol. The molecular weight excluding hydrogens is 374 g/mol. The van der Waals surface area contributed by atoms with Crippen LogP contribution in [0.5, 0.6) is 0 Å². The number of aliphatic hydroxyl groups is 2. The van der Waals surface area contributed by atoms with E-state index in [9.17, 15) is 15.0 Å². The third-order valence-corrected chi connectivity index (χ3v) is 10.6. The Morgan fingerprint density at radius 3 is 2.50 bits per heavy atom. The lowest BCUT2D eigenvalue weighted by Crippen LogP contribution is -2.59. The summed E-state index contributed by atoms with van der Waals surface area (Å²) in [5.74, 6) is 3.72. The van der Waals surface area contributed by atoms with Crippen molar-refractivity contribution in [2.75, 3.05) is 14.1 Å². The van der Waals surface area contributed by atoms with Crippen molar-refractivity contribution in [2.45, 2.75) is 97.2 Å². The normalized spacial score (nSPS) is 49.0. The lowest BCUT2D eigenvalue weighted by atomic mass is 9.43. The Balaban J connectivity index is 1.51. The molecule has 4 rings (SSSR count). The highest BCUT2D eigenvalue weighted by molar-refractivity contribution is 5.75. The van der Waals surface area contributed by atoms with Crippen LogP contribution in [-0.2, 0) is 4.79 Å². The molecule has 30 heavy (non-hydrogen) atoms. The second kappa shape index (κ2) is 8.06. The van der Waals surface area contributed by atoms with Crippen LogP contribution in [-0.4, -0.2) is 47.3 Å². The van der Waals surface area contributed by atoms with Crippen LogP contribution in [0.3, 0.4) is 0 Å². The Bertz CT molecular complexity index is 650. The molecule has 0 aromatic rings. The van der Waals surface area contributed by atoms with Crippen LogP contribution in [0.2, 0.25) is 0 Å². The molecule has 4 nitrogen and oxygen atoms in total. The molecule has 0 unspecified atom stereocenters. The fourth-order valence-electron chi connectivity index (χ4n) is 9.11. The van der Waals surface area contributed by atoms with Crippen molar-refractivity contribution in [1.29, 1.82) is 0 Å². The van der Waals surface area contributed by atoms with Gasteiger partial charge in [-0.25, -0.2) is 0 Å². The first-order valence-electron chi connectivity index (χ1n) is 12.6. The van der Waals surface area contributed by atoms with Gasteiger partial charge in [0.25, 0.3) is 0 Å². The average Bonchev–Trinajstić information content (AvgIpc) is 3.02. The van der Waals surface area contributed by atoms with Gasteiger partial charge in [0, 0.05) is 20.5 Å². The first-order valence-corrected chi connectivity index (χ1v) is 12.6. The van der Waals surface area contributed by atoms with E-state index in [0.717, 1.165) is 32.1 Å². The predicted octanol–water partition coefficient (Wildman–Crippen LogP) is 4.48. The molecule has 4 fully saturated rings. The minimum absolute atomic E-state index is 0.132. The molecule has 0 saturated heterocycles. The first-order chi connectivity index (χ1) is 14.1. The monoisotopic (exact) mass is 419 g/mol. The van der Waals surface area contributed by atoms with Crippen molar-refractivity contribution in [3.05, 3.63) is 0 Å². The molecule has 0 aromatic carbocycles. The van der Waals surface area contributed by atoms with Crippen molar-refractivity contribution in [3.63, 3.8) is 0 Å². The van der Waals surface area contributed by atoms with E-state index in [-0.39, 0.29) is 28.9 Å². The number of hydrogen-bond donors (Lipinski definition) is 2. The maximum absolute atomic E-state index is 12.1. The summed E-state index contributed by atoms with van der Waals surface area (Å²) in [6.07, 6.45) is 10.1. The van der Waals surface area contributed by atoms with E-state index in [1.807, 2.05) is 14.1 Å². The van der Waals surface area contributed by atoms with Crippen molar-refractivity contribution in [1.82, 2.24) is 4.90 Å². The van der Waals surface area contributed by atoms with Crippen molar-refractivity contribution >= 4 is 5.91 Å². The molecule has 4 aliphatic rings. The molecule has 4 aliphatic carbocycles. The fraction of sp³-hybridized carbons (Fsp3) is 0.962. The van der Waals surface area contributed by atoms with Crippen LogP contribution in [0, 0.1) is 46.3 Å². The second-order valence-corrected chi connectivity index (χ2v) is 12.3. The molecule has 0 aromatic heterocycles. The number of rotatable bonds is 4. The Morgan fingerprint density at radius 1 is 1.07 bits per heavy atom. The third kappa shape index (κ3) is 3.54. The van der Waals surface area contributed by atoms with Gasteiger partial charge in [-0.15, -0.1) is 0 Å². The number of hydrogen-bond acceptors (Lipinski definition) is 3. The first kappa shape index (κ1) is 22.6. The maximum atomic E-state index is 12.1. The highest BCUT2D eigenvalue weighted by Gasteiger charge is 2.63. The van der Waals surface area contributed by atoms with E-state index in [0.29, 0.717) is 41.9 Å². The van der Waals surface area contributed by atoms with Crippen molar-refractivity contribution in [3.8, 4) is 0 Å². The summed E-state index contributed by atoms with van der Waals surface area (Å²) in [4.78, 5) is 13.8. The Morgan fingerprint density at radius 2 is 1.80 bits per heavy atom. The summed E-state index contributed by atoms with van der Waals surface area (Å²) in [6.45, 7) is 7.26. The van der Waals surface area contributed by atoms with Gasteiger partial charge in [0.1, 0.15) is 0 Å². The van der Waals surface area contributed by atoms with E-state index >= 15 is 0 Å². The summed E-state index contributed by atoms with van der Waals surface area (Å²) < 4.78 is 0. The van der Waals surface area contributed by atoms with E-state index in [4.69, 9.17) is 0 Å². The molecule has 2 N–H and O–H groups in total. The predicted molar refractivity (Wildman–Crippen MR) is 120 cm³/mol. The zero-order valence-electron chi connectivity index (χ0n) is 19.9. The number of nitrogens with zero attached hydrogens (tertiary/aromatic N) is 1. The standard InChI is InChI=1S/C26H45NO3/c1-16(6-11-23(30)27(4)5)20-9-10-21-19-8-7-17-14-18(28)12-13-25(17,2)24(19)22(29)15-26(20,21)3/h16-22,24,28-29H,6-15H2,1-5H3/t16-,17+,18+,19+,20-,21+,22+,24-,25+,26-/m1/s1. The van der Waals surface area contributed by atoms with Crippen LogP contribution in [0.1, 0.15) is 85.0 Å². The molecule has 4 saturated carbocycles. The molecule has 1 amide bonds. The molecular formula is C26H45NO3. The van der Waals surface area contributed by atoms with E-state index in [1.165, 1.54) is 25.7 Å². The number of amides is 1. The van der Waals surface area contributed by atoms with Gasteiger partial charge in [0.2, 0.25) is 5.91 Å². The quantitative estimate of drug-likeness (QED) is 0.706.